The summed E-state index contributed by atoms with van der Waals surface area (Å²) in [5.41, 5.74) is 4.56. The van der Waals surface area contributed by atoms with Crippen LogP contribution in [-0.4, -0.2) is 21.6 Å². The number of fused-ring (bicyclic) bond motifs is 1. The lowest BCUT2D eigenvalue weighted by atomic mass is 9.96. The number of aryl methyl sites for hydroxylation is 1. The van der Waals surface area contributed by atoms with Crippen LogP contribution < -0.4 is 4.74 Å². The summed E-state index contributed by atoms with van der Waals surface area (Å²) >= 11 is 5.61. The van der Waals surface area contributed by atoms with Crippen LogP contribution in [0.5, 0.6) is 5.75 Å². The molecule has 1 heterocycles. The second-order valence-electron chi connectivity index (χ2n) is 7.43. The number of non-ortho nitro benzene ring substituents is 1. The fourth-order valence-corrected chi connectivity index (χ4v) is 4.30. The van der Waals surface area contributed by atoms with E-state index in [1.165, 1.54) is 29.0 Å². The molecule has 0 bridgehead atoms. The van der Waals surface area contributed by atoms with Gasteiger partial charge in [0.1, 0.15) is 16.2 Å². The molecule has 0 atom stereocenters. The SMILES string of the molecule is COc1ccc(CCn2c(-c3ccc([N+](=O)[O-])cc3)nc(=S)c3c2CCCC3)cc1. The number of nitro benzene ring substituents is 1. The van der Waals surface area contributed by atoms with Crippen LogP contribution in [0.3, 0.4) is 0 Å². The van der Waals surface area contributed by atoms with Crippen molar-refractivity contribution in [1.29, 1.82) is 0 Å². The molecule has 1 aliphatic rings. The molecule has 1 aromatic heterocycles. The molecule has 4 rings (SSSR count). The van der Waals surface area contributed by atoms with Crippen LogP contribution >= 0.6 is 12.2 Å². The fourth-order valence-electron chi connectivity index (χ4n) is 4.00. The van der Waals surface area contributed by atoms with Gasteiger partial charge in [0, 0.05) is 35.5 Å². The molecule has 0 fully saturated rings. The summed E-state index contributed by atoms with van der Waals surface area (Å²) in [6.07, 6.45) is 5.05. The van der Waals surface area contributed by atoms with E-state index in [1.54, 1.807) is 19.2 Å². The Kier molecular flexibility index (Phi) is 5.90. The average molecular weight is 422 g/mol. The molecule has 30 heavy (non-hydrogen) atoms. The van der Waals surface area contributed by atoms with Crippen LogP contribution in [0.4, 0.5) is 5.69 Å². The molecule has 6 nitrogen and oxygen atoms in total. The maximum atomic E-state index is 11.0. The monoisotopic (exact) mass is 421 g/mol. The van der Waals surface area contributed by atoms with E-state index in [4.69, 9.17) is 21.9 Å². The van der Waals surface area contributed by atoms with E-state index in [1.807, 2.05) is 12.1 Å². The molecule has 3 aromatic rings. The summed E-state index contributed by atoms with van der Waals surface area (Å²) in [5, 5.41) is 11.0. The molecular formula is C23H23N3O3S. The van der Waals surface area contributed by atoms with Gasteiger partial charge in [0.2, 0.25) is 0 Å². The van der Waals surface area contributed by atoms with Crippen LogP contribution in [0.25, 0.3) is 11.4 Å². The second-order valence-corrected chi connectivity index (χ2v) is 7.81. The van der Waals surface area contributed by atoms with Crippen LogP contribution in [0, 0.1) is 14.8 Å². The van der Waals surface area contributed by atoms with Gasteiger partial charge >= 0.3 is 0 Å². The number of rotatable bonds is 6. The van der Waals surface area contributed by atoms with Crippen molar-refractivity contribution in [2.75, 3.05) is 7.11 Å². The quantitative estimate of drug-likeness (QED) is 0.306. The minimum Gasteiger partial charge on any atom is -0.497 e. The number of hydrogen-bond donors (Lipinski definition) is 0. The standard InChI is InChI=1S/C23H23N3O3S/c1-29-19-12-6-16(7-13-19)14-15-25-21-5-3-2-4-20(21)23(30)24-22(25)17-8-10-18(11-9-17)26(27)28/h6-13H,2-5,14-15H2,1H3. The molecular weight excluding hydrogens is 398 g/mol. The van der Waals surface area contributed by atoms with Gasteiger partial charge in [0.05, 0.1) is 12.0 Å². The molecule has 0 N–H and O–H groups in total. The fraction of sp³-hybridized carbons (Fsp3) is 0.304. The topological polar surface area (TPSA) is 70.2 Å². The summed E-state index contributed by atoms with van der Waals surface area (Å²) < 4.78 is 8.16. The molecule has 0 saturated heterocycles. The van der Waals surface area contributed by atoms with Crippen molar-refractivity contribution < 1.29 is 9.66 Å². The molecule has 0 amide bonds. The largest absolute Gasteiger partial charge is 0.497 e. The van der Waals surface area contributed by atoms with E-state index in [9.17, 15) is 10.1 Å². The first-order valence-electron chi connectivity index (χ1n) is 10.1. The Bertz CT molecular complexity index is 1120. The number of nitrogens with zero attached hydrogens (tertiary/aromatic N) is 3. The zero-order valence-electron chi connectivity index (χ0n) is 16.8. The van der Waals surface area contributed by atoms with E-state index < -0.39 is 0 Å². The number of ether oxygens (including phenoxy) is 1. The van der Waals surface area contributed by atoms with Crippen molar-refractivity contribution in [2.45, 2.75) is 38.6 Å². The minimum atomic E-state index is -0.389. The summed E-state index contributed by atoms with van der Waals surface area (Å²) in [6.45, 7) is 0.767. The lowest BCUT2D eigenvalue weighted by Gasteiger charge is -2.24. The van der Waals surface area contributed by atoms with Crippen molar-refractivity contribution in [2.24, 2.45) is 0 Å². The normalized spacial score (nSPS) is 13.0. The zero-order valence-corrected chi connectivity index (χ0v) is 17.7. The van der Waals surface area contributed by atoms with Gasteiger partial charge < -0.3 is 9.30 Å². The van der Waals surface area contributed by atoms with Crippen LogP contribution in [0.2, 0.25) is 0 Å². The molecule has 2 aromatic carbocycles. The molecule has 0 saturated carbocycles. The highest BCUT2D eigenvalue weighted by molar-refractivity contribution is 7.71. The highest BCUT2D eigenvalue weighted by Gasteiger charge is 2.19. The number of nitro groups is 1. The minimum absolute atomic E-state index is 0.0695. The maximum absolute atomic E-state index is 11.0. The highest BCUT2D eigenvalue weighted by atomic mass is 32.1. The van der Waals surface area contributed by atoms with Crippen LogP contribution in [0.15, 0.2) is 48.5 Å². The third-order valence-electron chi connectivity index (χ3n) is 5.61. The predicted molar refractivity (Wildman–Crippen MR) is 118 cm³/mol. The Balaban J connectivity index is 1.74. The summed E-state index contributed by atoms with van der Waals surface area (Å²) in [7, 11) is 1.66. The number of hydrogen-bond acceptors (Lipinski definition) is 5. The van der Waals surface area contributed by atoms with E-state index in [0.29, 0.717) is 4.64 Å². The lowest BCUT2D eigenvalue weighted by molar-refractivity contribution is -0.384. The average Bonchev–Trinajstić information content (AvgIpc) is 2.79. The molecule has 1 aliphatic carbocycles. The highest BCUT2D eigenvalue weighted by Crippen LogP contribution is 2.29. The van der Waals surface area contributed by atoms with Crippen molar-refractivity contribution in [3.63, 3.8) is 0 Å². The Morgan fingerprint density at radius 3 is 2.47 bits per heavy atom. The molecule has 154 valence electrons. The number of methoxy groups -OCH3 is 1. The lowest BCUT2D eigenvalue weighted by Crippen LogP contribution is -2.19. The van der Waals surface area contributed by atoms with Crippen molar-refractivity contribution in [1.82, 2.24) is 9.55 Å². The van der Waals surface area contributed by atoms with Crippen molar-refractivity contribution in [3.8, 4) is 17.1 Å². The smallest absolute Gasteiger partial charge is 0.269 e. The Morgan fingerprint density at radius 2 is 1.80 bits per heavy atom. The molecule has 0 spiro atoms. The third kappa shape index (κ3) is 4.11. The Hall–Kier alpha value is -3.06. The van der Waals surface area contributed by atoms with Crippen molar-refractivity contribution >= 4 is 17.9 Å². The summed E-state index contributed by atoms with van der Waals surface area (Å²) in [4.78, 5) is 15.4. The predicted octanol–water partition coefficient (Wildman–Crippen LogP) is 5.32. The Labute approximate surface area is 180 Å². The zero-order chi connectivity index (χ0) is 21.1. The molecule has 0 unspecified atom stereocenters. The van der Waals surface area contributed by atoms with E-state index in [-0.39, 0.29) is 10.6 Å². The first-order valence-corrected chi connectivity index (χ1v) is 10.5. The maximum Gasteiger partial charge on any atom is 0.269 e. The first kappa shape index (κ1) is 20.2. The van der Waals surface area contributed by atoms with Crippen molar-refractivity contribution in [3.05, 3.63) is 80.1 Å². The van der Waals surface area contributed by atoms with Gasteiger partial charge in [-0.3, -0.25) is 10.1 Å². The van der Waals surface area contributed by atoms with Gasteiger partial charge in [-0.25, -0.2) is 4.98 Å². The van der Waals surface area contributed by atoms with Gasteiger partial charge in [0.15, 0.2) is 0 Å². The Morgan fingerprint density at radius 1 is 1.10 bits per heavy atom. The number of aromatic nitrogens is 2. The van der Waals surface area contributed by atoms with Gasteiger partial charge in [-0.15, -0.1) is 0 Å². The third-order valence-corrected chi connectivity index (χ3v) is 5.94. The first-order chi connectivity index (χ1) is 14.6. The number of benzene rings is 2. The molecule has 0 radical (unpaired) electrons. The van der Waals surface area contributed by atoms with E-state index >= 15 is 0 Å². The van der Waals surface area contributed by atoms with Gasteiger partial charge in [-0.1, -0.05) is 24.4 Å². The van der Waals surface area contributed by atoms with Gasteiger partial charge in [-0.2, -0.15) is 0 Å². The van der Waals surface area contributed by atoms with Gasteiger partial charge in [0.25, 0.3) is 5.69 Å². The van der Waals surface area contributed by atoms with Crippen LogP contribution in [-0.2, 0) is 25.8 Å². The summed E-state index contributed by atoms with van der Waals surface area (Å²) in [5.74, 6) is 1.62. The summed E-state index contributed by atoms with van der Waals surface area (Å²) in [6, 6.07) is 14.6. The van der Waals surface area contributed by atoms with Crippen LogP contribution in [0.1, 0.15) is 29.7 Å². The molecule has 7 heteroatoms. The van der Waals surface area contributed by atoms with E-state index in [0.717, 1.165) is 55.8 Å². The van der Waals surface area contributed by atoms with Gasteiger partial charge in [-0.05, 0) is 61.9 Å². The molecule has 0 aliphatic heterocycles. The second kappa shape index (κ2) is 8.75. The van der Waals surface area contributed by atoms with E-state index in [2.05, 4.69) is 16.7 Å².